The molecule has 2 saturated carbocycles. The first-order valence-electron chi connectivity index (χ1n) is 13.6. The van der Waals surface area contributed by atoms with Crippen molar-refractivity contribution in [1.29, 1.82) is 0 Å². The van der Waals surface area contributed by atoms with E-state index in [1.54, 1.807) is 83.1 Å². The predicted octanol–water partition coefficient (Wildman–Crippen LogP) is 4.00. The molecule has 0 aromatic heterocycles. The van der Waals surface area contributed by atoms with Crippen molar-refractivity contribution in [3.8, 4) is 0 Å². The minimum Gasteiger partial charge on any atom is -0.459 e. The first-order chi connectivity index (χ1) is 17.6. The smallest absolute Gasteiger partial charge is 0.317 e. The van der Waals surface area contributed by atoms with Crippen LogP contribution in [0.3, 0.4) is 0 Å². The molecule has 4 unspecified atom stereocenters. The summed E-state index contributed by atoms with van der Waals surface area (Å²) in [5, 5.41) is 0. The van der Waals surface area contributed by atoms with Crippen LogP contribution in [0, 0.1) is 34.5 Å². The second kappa shape index (κ2) is 9.94. The molecule has 0 aliphatic heterocycles. The van der Waals surface area contributed by atoms with Crippen LogP contribution >= 0.6 is 0 Å². The Bertz CT molecular complexity index is 939. The number of esters is 4. The number of carbonyl (C=O) groups excluding carboxylic acids is 6. The largest absolute Gasteiger partial charge is 0.459 e. The van der Waals surface area contributed by atoms with Gasteiger partial charge in [0.2, 0.25) is 0 Å². The van der Waals surface area contributed by atoms with Crippen molar-refractivity contribution in [3.05, 3.63) is 0 Å². The van der Waals surface area contributed by atoms with E-state index in [9.17, 15) is 28.8 Å². The lowest BCUT2D eigenvalue weighted by Gasteiger charge is -2.43. The third kappa shape index (κ3) is 6.10. The predicted molar refractivity (Wildman–Crippen MR) is 144 cm³/mol. The molecule has 0 heterocycles. The molecule has 0 aromatic rings. The van der Waals surface area contributed by atoms with Gasteiger partial charge in [-0.15, -0.1) is 0 Å². The van der Waals surface area contributed by atoms with Gasteiger partial charge < -0.3 is 18.9 Å². The highest BCUT2D eigenvalue weighted by Gasteiger charge is 2.83. The zero-order valence-electron chi connectivity index (χ0n) is 26.4. The van der Waals surface area contributed by atoms with Crippen LogP contribution in [-0.4, -0.2) is 57.8 Å². The average Bonchev–Trinajstić information content (AvgIpc) is 2.89. The maximum absolute atomic E-state index is 14.2. The van der Waals surface area contributed by atoms with Crippen molar-refractivity contribution in [2.75, 3.05) is 0 Å². The van der Waals surface area contributed by atoms with E-state index in [1.807, 2.05) is 0 Å². The Morgan fingerprint density at radius 1 is 0.450 bits per heavy atom. The molecule has 0 saturated heterocycles. The molecule has 0 bridgehead atoms. The lowest BCUT2D eigenvalue weighted by atomic mass is 9.58. The van der Waals surface area contributed by atoms with Crippen LogP contribution in [-0.2, 0) is 47.7 Å². The van der Waals surface area contributed by atoms with Crippen LogP contribution in [0.15, 0.2) is 0 Å². The third-order valence-electron chi connectivity index (χ3n) is 7.27. The van der Waals surface area contributed by atoms with E-state index in [0.29, 0.717) is 0 Å². The fourth-order valence-electron chi connectivity index (χ4n) is 5.98. The summed E-state index contributed by atoms with van der Waals surface area (Å²) < 4.78 is 22.4. The summed E-state index contributed by atoms with van der Waals surface area (Å²) in [6.07, 6.45) is 0. The summed E-state index contributed by atoms with van der Waals surface area (Å²) in [7, 11) is 0. The average molecular weight is 567 g/mol. The Labute approximate surface area is 237 Å². The molecule has 40 heavy (non-hydrogen) atoms. The molecule has 2 aliphatic rings. The summed E-state index contributed by atoms with van der Waals surface area (Å²) in [6, 6.07) is 0. The SMILES string of the molecule is CC(C)(C)OC(=O)C1C(=O)C(C(=O)OC(C)(C)C)C2(C)C(C(=O)OC(C)(C)C)C(=O)C(C(=O)OC(C)(C)C)C12C. The van der Waals surface area contributed by atoms with E-state index in [-0.39, 0.29) is 0 Å². The molecule has 2 rings (SSSR count). The van der Waals surface area contributed by atoms with Gasteiger partial charge in [-0.2, -0.15) is 0 Å². The number of carbonyl (C=O) groups is 6. The number of hydrogen-bond acceptors (Lipinski definition) is 10. The fourth-order valence-corrected chi connectivity index (χ4v) is 5.98. The minimum absolute atomic E-state index is 0.886. The van der Waals surface area contributed by atoms with E-state index < -0.39 is 92.3 Å². The van der Waals surface area contributed by atoms with Crippen molar-refractivity contribution in [3.63, 3.8) is 0 Å². The van der Waals surface area contributed by atoms with Gasteiger partial charge in [0.15, 0.2) is 11.6 Å². The van der Waals surface area contributed by atoms with Gasteiger partial charge in [0, 0.05) is 10.8 Å². The molecule has 0 amide bonds. The molecular weight excluding hydrogens is 520 g/mol. The number of fused-ring (bicyclic) bond motifs is 1. The summed E-state index contributed by atoms with van der Waals surface area (Å²) in [5.41, 5.74) is -7.94. The monoisotopic (exact) mass is 566 g/mol. The van der Waals surface area contributed by atoms with Gasteiger partial charge in [0.1, 0.15) is 46.1 Å². The van der Waals surface area contributed by atoms with Crippen molar-refractivity contribution in [2.24, 2.45) is 34.5 Å². The normalized spacial score (nSPS) is 30.9. The number of ketones is 2. The van der Waals surface area contributed by atoms with Gasteiger partial charge in [0.25, 0.3) is 0 Å². The Kier molecular flexibility index (Phi) is 8.31. The van der Waals surface area contributed by atoms with Crippen molar-refractivity contribution < 1.29 is 47.7 Å². The standard InChI is InChI=1S/C30H46O10/c1-25(2,3)37-21(33)15-19(31)16(22(34)38-26(4,5)6)30(14)18(24(36)40-28(10,11)12)20(32)17(29(15,30)13)23(35)39-27(7,8)9/h15-18H,1-14H3. The Morgan fingerprint density at radius 2 is 0.600 bits per heavy atom. The highest BCUT2D eigenvalue weighted by molar-refractivity contribution is 6.20. The summed E-state index contributed by atoms with van der Waals surface area (Å²) >= 11 is 0. The highest BCUT2D eigenvalue weighted by atomic mass is 16.6. The molecule has 226 valence electrons. The maximum atomic E-state index is 14.2. The second-order valence-electron chi connectivity index (χ2n) is 15.2. The van der Waals surface area contributed by atoms with E-state index in [1.165, 1.54) is 13.8 Å². The number of hydrogen-bond donors (Lipinski definition) is 0. The molecular formula is C30H46O10. The van der Waals surface area contributed by atoms with Crippen LogP contribution in [0.25, 0.3) is 0 Å². The summed E-state index contributed by atoms with van der Waals surface area (Å²) in [5.74, 6) is -12.8. The molecule has 2 aliphatic carbocycles. The molecule has 0 aromatic carbocycles. The Hall–Kier alpha value is -2.78. The maximum Gasteiger partial charge on any atom is 0.317 e. The minimum atomic E-state index is -1.89. The number of Topliss-reactive ketones (excluding diaryl/α,β-unsaturated/α-hetero) is 2. The topological polar surface area (TPSA) is 139 Å². The zero-order valence-corrected chi connectivity index (χ0v) is 26.4. The van der Waals surface area contributed by atoms with Gasteiger partial charge >= 0.3 is 23.9 Å². The summed E-state index contributed by atoms with van der Waals surface area (Å²) in [6.45, 7) is 22.0. The lowest BCUT2D eigenvalue weighted by Crippen LogP contribution is -2.50. The van der Waals surface area contributed by atoms with Gasteiger partial charge in [0.05, 0.1) is 0 Å². The van der Waals surface area contributed by atoms with Crippen LogP contribution in [0.1, 0.15) is 96.9 Å². The summed E-state index contributed by atoms with van der Waals surface area (Å²) in [4.78, 5) is 83.2. The molecule has 4 atom stereocenters. The fraction of sp³-hybridized carbons (Fsp3) is 0.800. The molecule has 0 spiro atoms. The first-order valence-corrected chi connectivity index (χ1v) is 13.6. The van der Waals surface area contributed by atoms with Crippen molar-refractivity contribution in [1.82, 2.24) is 0 Å². The van der Waals surface area contributed by atoms with E-state index in [4.69, 9.17) is 18.9 Å². The number of rotatable bonds is 4. The highest BCUT2D eigenvalue weighted by Crippen LogP contribution is 2.70. The molecule has 2 fully saturated rings. The van der Waals surface area contributed by atoms with Gasteiger partial charge in [-0.3, -0.25) is 28.8 Å². The van der Waals surface area contributed by atoms with Gasteiger partial charge in [-0.25, -0.2) is 0 Å². The molecule has 0 radical (unpaired) electrons. The quantitative estimate of drug-likeness (QED) is 0.279. The van der Waals surface area contributed by atoms with E-state index in [2.05, 4.69) is 0 Å². The molecule has 10 nitrogen and oxygen atoms in total. The zero-order chi connectivity index (χ0) is 31.6. The van der Waals surface area contributed by atoms with Crippen LogP contribution in [0.2, 0.25) is 0 Å². The second-order valence-corrected chi connectivity index (χ2v) is 15.2. The van der Waals surface area contributed by atoms with Crippen molar-refractivity contribution >= 4 is 35.4 Å². The molecule has 10 heteroatoms. The van der Waals surface area contributed by atoms with E-state index >= 15 is 0 Å². The van der Waals surface area contributed by atoms with Crippen LogP contribution in [0.4, 0.5) is 0 Å². The van der Waals surface area contributed by atoms with Gasteiger partial charge in [-0.1, -0.05) is 13.8 Å². The van der Waals surface area contributed by atoms with Crippen LogP contribution < -0.4 is 0 Å². The van der Waals surface area contributed by atoms with Crippen LogP contribution in [0.5, 0.6) is 0 Å². The van der Waals surface area contributed by atoms with Gasteiger partial charge in [-0.05, 0) is 83.1 Å². The Morgan fingerprint density at radius 3 is 0.725 bits per heavy atom. The lowest BCUT2D eigenvalue weighted by molar-refractivity contribution is -0.180. The van der Waals surface area contributed by atoms with Crippen molar-refractivity contribution in [2.45, 2.75) is 119 Å². The van der Waals surface area contributed by atoms with E-state index in [0.717, 1.165) is 0 Å². The number of ether oxygens (including phenoxy) is 4. The Balaban J connectivity index is 2.96. The first kappa shape index (κ1) is 33.4. The molecule has 0 N–H and O–H groups in total. The third-order valence-corrected chi connectivity index (χ3v) is 7.27.